The third-order valence-corrected chi connectivity index (χ3v) is 4.40. The molecule has 1 saturated heterocycles. The molecule has 0 radical (unpaired) electrons. The monoisotopic (exact) mass is 393 g/mol. The predicted octanol–water partition coefficient (Wildman–Crippen LogP) is 3.38. The van der Waals surface area contributed by atoms with Crippen LogP contribution in [0, 0.1) is 0 Å². The van der Waals surface area contributed by atoms with Crippen LogP contribution in [0.3, 0.4) is 0 Å². The number of amides is 1. The Kier molecular flexibility index (Phi) is 5.62. The zero-order valence-corrected chi connectivity index (χ0v) is 15.1. The fraction of sp³-hybridized carbons (Fsp3) is 0.368. The van der Waals surface area contributed by atoms with Crippen molar-refractivity contribution >= 4 is 11.7 Å². The molecule has 3 rings (SSSR count). The van der Waals surface area contributed by atoms with Crippen molar-refractivity contribution in [1.82, 2.24) is 14.9 Å². The molecule has 0 spiro atoms. The molecule has 1 fully saturated rings. The smallest absolute Gasteiger partial charge is 0.433 e. The summed E-state index contributed by atoms with van der Waals surface area (Å²) in [5.74, 6) is -0.320. The Morgan fingerprint density at radius 1 is 1.14 bits per heavy atom. The number of carbonyl (C=O) groups excluding carboxylic acids is 2. The van der Waals surface area contributed by atoms with Gasteiger partial charge in [-0.05, 0) is 38.0 Å². The first-order valence-electron chi connectivity index (χ1n) is 8.71. The summed E-state index contributed by atoms with van der Waals surface area (Å²) in [7, 11) is 0. The molecule has 6 nitrogen and oxygen atoms in total. The van der Waals surface area contributed by atoms with Crippen LogP contribution in [0.15, 0.2) is 36.5 Å². The van der Waals surface area contributed by atoms with Gasteiger partial charge in [0.05, 0.1) is 6.54 Å². The largest absolute Gasteiger partial charge is 0.458 e. The minimum atomic E-state index is -4.58. The van der Waals surface area contributed by atoms with E-state index in [-0.39, 0.29) is 24.2 Å². The van der Waals surface area contributed by atoms with Crippen LogP contribution in [-0.2, 0) is 6.18 Å². The number of halogens is 3. The Hall–Kier alpha value is -2.97. The Bertz CT molecular complexity index is 869. The van der Waals surface area contributed by atoms with Crippen molar-refractivity contribution in [1.29, 1.82) is 0 Å². The maximum absolute atomic E-state index is 12.8. The number of benzene rings is 1. The van der Waals surface area contributed by atoms with E-state index in [0.29, 0.717) is 30.5 Å². The number of hydrogen-bond donors (Lipinski definition) is 0. The fourth-order valence-electron chi connectivity index (χ4n) is 2.95. The van der Waals surface area contributed by atoms with Crippen molar-refractivity contribution in [2.24, 2.45) is 0 Å². The molecule has 0 saturated carbocycles. The van der Waals surface area contributed by atoms with Gasteiger partial charge in [0.1, 0.15) is 6.10 Å². The fourth-order valence-corrected chi connectivity index (χ4v) is 2.95. The molecular weight excluding hydrogens is 375 g/mol. The van der Waals surface area contributed by atoms with Gasteiger partial charge in [0.25, 0.3) is 5.91 Å². The van der Waals surface area contributed by atoms with Gasteiger partial charge >= 0.3 is 12.2 Å². The Morgan fingerprint density at radius 3 is 2.46 bits per heavy atom. The normalized spacial score (nSPS) is 17.3. The van der Waals surface area contributed by atoms with Gasteiger partial charge in [-0.3, -0.25) is 9.59 Å². The summed E-state index contributed by atoms with van der Waals surface area (Å²) in [6.45, 7) is 2.17. The van der Waals surface area contributed by atoms with E-state index < -0.39 is 18.0 Å². The molecule has 1 aromatic heterocycles. The van der Waals surface area contributed by atoms with Crippen LogP contribution in [0.1, 0.15) is 46.2 Å². The van der Waals surface area contributed by atoms with E-state index >= 15 is 0 Å². The van der Waals surface area contributed by atoms with Gasteiger partial charge in [-0.2, -0.15) is 18.2 Å². The lowest BCUT2D eigenvalue weighted by Gasteiger charge is -2.32. The van der Waals surface area contributed by atoms with Crippen molar-refractivity contribution in [2.45, 2.75) is 32.0 Å². The van der Waals surface area contributed by atoms with Crippen LogP contribution >= 0.6 is 0 Å². The molecule has 148 valence electrons. The molecule has 0 aliphatic carbocycles. The van der Waals surface area contributed by atoms with Crippen LogP contribution in [0.4, 0.5) is 13.2 Å². The SMILES string of the molecule is CC(=O)c1ccc(C(=O)N2CCCC(Oc3nccc(C(F)(F)F)n3)C2)cc1. The van der Waals surface area contributed by atoms with Gasteiger partial charge in [-0.1, -0.05) is 12.1 Å². The lowest BCUT2D eigenvalue weighted by Crippen LogP contribution is -2.44. The summed E-state index contributed by atoms with van der Waals surface area (Å²) in [5.41, 5.74) is -0.133. The first-order chi connectivity index (χ1) is 13.2. The highest BCUT2D eigenvalue weighted by Crippen LogP contribution is 2.28. The van der Waals surface area contributed by atoms with E-state index in [1.807, 2.05) is 0 Å². The number of Topliss-reactive ketones (excluding diaryl/α,β-unsaturated/α-hetero) is 1. The number of nitrogens with zero attached hydrogens (tertiary/aromatic N) is 3. The molecule has 2 heterocycles. The summed E-state index contributed by atoms with van der Waals surface area (Å²) in [5, 5.41) is 0. The van der Waals surface area contributed by atoms with Crippen LogP contribution in [-0.4, -0.2) is 45.8 Å². The van der Waals surface area contributed by atoms with Crippen LogP contribution in [0.25, 0.3) is 0 Å². The van der Waals surface area contributed by atoms with Crippen molar-refractivity contribution in [3.8, 4) is 6.01 Å². The molecule has 0 bridgehead atoms. The van der Waals surface area contributed by atoms with Gasteiger partial charge in [-0.25, -0.2) is 4.98 Å². The van der Waals surface area contributed by atoms with Crippen molar-refractivity contribution in [2.75, 3.05) is 13.1 Å². The van der Waals surface area contributed by atoms with E-state index in [4.69, 9.17) is 4.74 Å². The van der Waals surface area contributed by atoms with Gasteiger partial charge < -0.3 is 9.64 Å². The molecule has 0 N–H and O–H groups in total. The number of carbonyl (C=O) groups is 2. The van der Waals surface area contributed by atoms with Gasteiger partial charge in [0.15, 0.2) is 11.5 Å². The number of hydrogen-bond acceptors (Lipinski definition) is 5. The molecule has 28 heavy (non-hydrogen) atoms. The summed E-state index contributed by atoms with van der Waals surface area (Å²) >= 11 is 0. The molecular formula is C19H18F3N3O3. The molecule has 1 aliphatic heterocycles. The lowest BCUT2D eigenvalue weighted by molar-refractivity contribution is -0.141. The van der Waals surface area contributed by atoms with Crippen molar-refractivity contribution < 1.29 is 27.5 Å². The summed E-state index contributed by atoms with van der Waals surface area (Å²) in [6.07, 6.45) is -2.87. The lowest BCUT2D eigenvalue weighted by atomic mass is 10.0. The van der Waals surface area contributed by atoms with E-state index in [1.165, 1.54) is 6.92 Å². The number of ether oxygens (including phenoxy) is 1. The van der Waals surface area contributed by atoms with E-state index in [1.54, 1.807) is 29.2 Å². The highest BCUT2D eigenvalue weighted by Gasteiger charge is 2.33. The summed E-state index contributed by atoms with van der Waals surface area (Å²) in [4.78, 5) is 32.7. The predicted molar refractivity (Wildman–Crippen MR) is 93.0 cm³/mol. The van der Waals surface area contributed by atoms with Gasteiger partial charge in [0.2, 0.25) is 0 Å². The van der Waals surface area contributed by atoms with E-state index in [9.17, 15) is 22.8 Å². The number of alkyl halides is 3. The maximum Gasteiger partial charge on any atom is 0.433 e. The first kappa shape index (κ1) is 19.8. The second-order valence-corrected chi connectivity index (χ2v) is 6.49. The molecule has 2 aromatic rings. The van der Waals surface area contributed by atoms with Gasteiger partial charge in [0, 0.05) is 23.9 Å². The van der Waals surface area contributed by atoms with Crippen LogP contribution < -0.4 is 4.74 Å². The third kappa shape index (κ3) is 4.65. The average Bonchev–Trinajstić information content (AvgIpc) is 2.67. The van der Waals surface area contributed by atoms with Gasteiger partial charge in [-0.15, -0.1) is 0 Å². The number of piperidine rings is 1. The van der Waals surface area contributed by atoms with Crippen molar-refractivity contribution in [3.63, 3.8) is 0 Å². The zero-order chi connectivity index (χ0) is 20.3. The standard InChI is InChI=1S/C19H18F3N3O3/c1-12(26)13-4-6-14(7-5-13)17(27)25-10-2-3-15(11-25)28-18-23-9-8-16(24-18)19(20,21)22/h4-9,15H,2-3,10-11H2,1H3. The molecule has 1 aromatic carbocycles. The van der Waals surface area contributed by atoms with Crippen LogP contribution in [0.2, 0.25) is 0 Å². The maximum atomic E-state index is 12.8. The third-order valence-electron chi connectivity index (χ3n) is 4.40. The first-order valence-corrected chi connectivity index (χ1v) is 8.71. The van der Waals surface area contributed by atoms with E-state index in [2.05, 4.69) is 9.97 Å². The molecule has 1 amide bonds. The highest BCUT2D eigenvalue weighted by atomic mass is 19.4. The minimum Gasteiger partial charge on any atom is -0.458 e. The summed E-state index contributed by atoms with van der Waals surface area (Å²) < 4.78 is 43.8. The molecule has 1 unspecified atom stereocenters. The van der Waals surface area contributed by atoms with E-state index in [0.717, 1.165) is 12.3 Å². The topological polar surface area (TPSA) is 72.4 Å². The summed E-state index contributed by atoms with van der Waals surface area (Å²) in [6, 6.07) is 6.75. The average molecular weight is 393 g/mol. The molecule has 1 atom stereocenters. The van der Waals surface area contributed by atoms with Crippen molar-refractivity contribution in [3.05, 3.63) is 53.3 Å². The number of rotatable bonds is 4. The number of ketones is 1. The highest BCUT2D eigenvalue weighted by molar-refractivity contribution is 5.97. The zero-order valence-electron chi connectivity index (χ0n) is 15.1. The minimum absolute atomic E-state index is 0.0912. The van der Waals surface area contributed by atoms with Crippen LogP contribution in [0.5, 0.6) is 6.01 Å². The Morgan fingerprint density at radius 2 is 1.82 bits per heavy atom. The Balaban J connectivity index is 1.67. The molecule has 9 heteroatoms. The number of likely N-dealkylation sites (tertiary alicyclic amines) is 1. The quantitative estimate of drug-likeness (QED) is 0.745. The second kappa shape index (κ2) is 7.95. The molecule has 1 aliphatic rings. The Labute approximate surface area is 159 Å². The number of aromatic nitrogens is 2. The second-order valence-electron chi connectivity index (χ2n) is 6.49.